The molecule has 2 heterocycles. The van der Waals surface area contributed by atoms with Crippen LogP contribution in [-0.4, -0.2) is 32.4 Å². The minimum Gasteiger partial charge on any atom is -0.342 e. The molecule has 2 aromatic heterocycles. The van der Waals surface area contributed by atoms with E-state index in [2.05, 4.69) is 10.3 Å². The van der Waals surface area contributed by atoms with E-state index in [-0.39, 0.29) is 24.4 Å². The summed E-state index contributed by atoms with van der Waals surface area (Å²) in [5.41, 5.74) is 2.94. The molecule has 0 saturated heterocycles. The van der Waals surface area contributed by atoms with Gasteiger partial charge in [-0.2, -0.15) is 0 Å². The zero-order valence-corrected chi connectivity index (χ0v) is 19.0. The SMILES string of the molecule is CC(NC(=O)c1cccnc1)c1nc2ccccc2n1CC(=O)N(c1ccccc1)C(C)C. The summed E-state index contributed by atoms with van der Waals surface area (Å²) in [7, 11) is 0. The van der Waals surface area contributed by atoms with E-state index >= 15 is 0 Å². The summed E-state index contributed by atoms with van der Waals surface area (Å²) in [4.78, 5) is 36.7. The molecule has 2 aromatic carbocycles. The molecule has 1 unspecified atom stereocenters. The number of rotatable bonds is 7. The van der Waals surface area contributed by atoms with Crippen LogP contribution < -0.4 is 10.2 Å². The maximum absolute atomic E-state index is 13.5. The highest BCUT2D eigenvalue weighted by molar-refractivity contribution is 5.95. The van der Waals surface area contributed by atoms with Crippen molar-refractivity contribution >= 4 is 28.5 Å². The van der Waals surface area contributed by atoms with Crippen LogP contribution in [0.3, 0.4) is 0 Å². The molecule has 7 nitrogen and oxygen atoms in total. The van der Waals surface area contributed by atoms with Crippen LogP contribution in [0.5, 0.6) is 0 Å². The number of imidazole rings is 1. The second-order valence-electron chi connectivity index (χ2n) is 8.17. The van der Waals surface area contributed by atoms with Gasteiger partial charge < -0.3 is 14.8 Å². The molecule has 1 atom stereocenters. The monoisotopic (exact) mass is 441 g/mol. The number of nitrogens with zero attached hydrogens (tertiary/aromatic N) is 4. The van der Waals surface area contributed by atoms with Gasteiger partial charge in [0.05, 0.1) is 22.6 Å². The molecular formula is C26H27N5O2. The summed E-state index contributed by atoms with van der Waals surface area (Å²) in [6, 6.07) is 20.3. The Kier molecular flexibility index (Phi) is 6.49. The predicted molar refractivity (Wildman–Crippen MR) is 129 cm³/mol. The molecule has 4 aromatic rings. The molecule has 0 bridgehead atoms. The lowest BCUT2D eigenvalue weighted by molar-refractivity contribution is -0.119. The van der Waals surface area contributed by atoms with Gasteiger partial charge in [0, 0.05) is 24.1 Å². The van der Waals surface area contributed by atoms with Gasteiger partial charge >= 0.3 is 0 Å². The molecule has 0 aliphatic carbocycles. The number of hydrogen-bond donors (Lipinski definition) is 1. The first-order valence-corrected chi connectivity index (χ1v) is 11.0. The van der Waals surface area contributed by atoms with Crippen molar-refractivity contribution in [3.05, 3.63) is 90.5 Å². The molecule has 7 heteroatoms. The molecule has 4 rings (SSSR count). The first-order valence-electron chi connectivity index (χ1n) is 11.0. The number of amides is 2. The van der Waals surface area contributed by atoms with Gasteiger partial charge in [-0.05, 0) is 57.2 Å². The van der Waals surface area contributed by atoms with Gasteiger partial charge in [0.2, 0.25) is 5.91 Å². The number of para-hydroxylation sites is 3. The zero-order chi connectivity index (χ0) is 23.4. The number of benzene rings is 2. The van der Waals surface area contributed by atoms with Crippen LogP contribution in [0, 0.1) is 0 Å². The molecular weight excluding hydrogens is 414 g/mol. The average molecular weight is 442 g/mol. The van der Waals surface area contributed by atoms with Gasteiger partial charge in [-0.1, -0.05) is 30.3 Å². The smallest absolute Gasteiger partial charge is 0.253 e. The highest BCUT2D eigenvalue weighted by atomic mass is 16.2. The van der Waals surface area contributed by atoms with Crippen LogP contribution in [-0.2, 0) is 11.3 Å². The number of carbonyl (C=O) groups is 2. The lowest BCUT2D eigenvalue weighted by Crippen LogP contribution is -2.40. The van der Waals surface area contributed by atoms with E-state index < -0.39 is 6.04 Å². The predicted octanol–water partition coefficient (Wildman–Crippen LogP) is 4.36. The van der Waals surface area contributed by atoms with Gasteiger partial charge in [-0.3, -0.25) is 14.6 Å². The Morgan fingerprint density at radius 3 is 2.39 bits per heavy atom. The Hall–Kier alpha value is -4.00. The van der Waals surface area contributed by atoms with Crippen molar-refractivity contribution in [1.82, 2.24) is 19.9 Å². The summed E-state index contributed by atoms with van der Waals surface area (Å²) >= 11 is 0. The highest BCUT2D eigenvalue weighted by Gasteiger charge is 2.24. The minimum atomic E-state index is -0.415. The van der Waals surface area contributed by atoms with Gasteiger partial charge in [0.25, 0.3) is 5.91 Å². The van der Waals surface area contributed by atoms with E-state index in [1.54, 1.807) is 23.2 Å². The maximum atomic E-state index is 13.5. The largest absolute Gasteiger partial charge is 0.342 e. The van der Waals surface area contributed by atoms with Crippen molar-refractivity contribution in [2.45, 2.75) is 39.4 Å². The second-order valence-corrected chi connectivity index (χ2v) is 8.17. The van der Waals surface area contributed by atoms with E-state index in [1.807, 2.05) is 79.9 Å². The van der Waals surface area contributed by atoms with Crippen LogP contribution in [0.1, 0.15) is 43.0 Å². The lowest BCUT2D eigenvalue weighted by atomic mass is 10.2. The number of pyridine rings is 1. The summed E-state index contributed by atoms with van der Waals surface area (Å²) < 4.78 is 1.89. The Morgan fingerprint density at radius 2 is 1.70 bits per heavy atom. The number of carbonyl (C=O) groups excluding carboxylic acids is 2. The van der Waals surface area contributed by atoms with Gasteiger partial charge in [-0.15, -0.1) is 0 Å². The van der Waals surface area contributed by atoms with Crippen LogP contribution >= 0.6 is 0 Å². The molecule has 33 heavy (non-hydrogen) atoms. The van der Waals surface area contributed by atoms with Crippen LogP contribution in [0.15, 0.2) is 79.1 Å². The fraction of sp³-hybridized carbons (Fsp3) is 0.231. The van der Waals surface area contributed by atoms with E-state index in [0.717, 1.165) is 16.7 Å². The normalized spacial score (nSPS) is 12.0. The molecule has 0 fully saturated rings. The Balaban J connectivity index is 1.66. The number of aromatic nitrogens is 3. The second kappa shape index (κ2) is 9.65. The average Bonchev–Trinajstić information content (AvgIpc) is 3.18. The van der Waals surface area contributed by atoms with Crippen LogP contribution in [0.2, 0.25) is 0 Å². The highest BCUT2D eigenvalue weighted by Crippen LogP contribution is 2.23. The van der Waals surface area contributed by atoms with Crippen molar-refractivity contribution in [3.63, 3.8) is 0 Å². The van der Waals surface area contributed by atoms with Crippen molar-refractivity contribution in [2.24, 2.45) is 0 Å². The Bertz CT molecular complexity index is 1250. The summed E-state index contributed by atoms with van der Waals surface area (Å²) in [6.07, 6.45) is 3.15. The van der Waals surface area contributed by atoms with E-state index in [4.69, 9.17) is 4.98 Å². The summed E-state index contributed by atoms with van der Waals surface area (Å²) in [5.74, 6) is 0.332. The standard InChI is InChI=1S/C26H27N5O2/c1-18(2)31(21-11-5-4-6-12-21)24(32)17-30-23-14-8-7-13-22(23)29-25(30)19(3)28-26(33)20-10-9-15-27-16-20/h4-16,18-19H,17H2,1-3H3,(H,28,33). The molecule has 0 radical (unpaired) electrons. The van der Waals surface area contributed by atoms with E-state index in [1.165, 1.54) is 6.20 Å². The third kappa shape index (κ3) is 4.77. The molecule has 0 aliphatic heterocycles. The number of fused-ring (bicyclic) bond motifs is 1. The molecule has 0 saturated carbocycles. The van der Waals surface area contributed by atoms with Crippen LogP contribution in [0.25, 0.3) is 11.0 Å². The van der Waals surface area contributed by atoms with Crippen molar-refractivity contribution in [1.29, 1.82) is 0 Å². The summed E-state index contributed by atoms with van der Waals surface area (Å²) in [5, 5.41) is 2.98. The molecule has 2 amide bonds. The quantitative estimate of drug-likeness (QED) is 0.462. The molecule has 0 spiro atoms. The van der Waals surface area contributed by atoms with E-state index in [9.17, 15) is 9.59 Å². The van der Waals surface area contributed by atoms with Crippen molar-refractivity contribution < 1.29 is 9.59 Å². The molecule has 0 aliphatic rings. The lowest BCUT2D eigenvalue weighted by Gasteiger charge is -2.28. The van der Waals surface area contributed by atoms with Crippen LogP contribution in [0.4, 0.5) is 5.69 Å². The number of anilines is 1. The number of nitrogens with one attached hydrogen (secondary N) is 1. The third-order valence-corrected chi connectivity index (χ3v) is 5.46. The van der Waals surface area contributed by atoms with E-state index in [0.29, 0.717) is 11.4 Å². The fourth-order valence-electron chi connectivity index (χ4n) is 3.96. The fourth-order valence-corrected chi connectivity index (χ4v) is 3.96. The molecule has 168 valence electrons. The molecule has 1 N–H and O–H groups in total. The van der Waals surface area contributed by atoms with Crippen molar-refractivity contribution in [3.8, 4) is 0 Å². The van der Waals surface area contributed by atoms with Gasteiger partial charge in [-0.25, -0.2) is 4.98 Å². The summed E-state index contributed by atoms with van der Waals surface area (Å²) in [6.45, 7) is 5.97. The first-order chi connectivity index (χ1) is 16.0. The topological polar surface area (TPSA) is 80.1 Å². The maximum Gasteiger partial charge on any atom is 0.253 e. The Morgan fingerprint density at radius 1 is 0.970 bits per heavy atom. The van der Waals surface area contributed by atoms with Gasteiger partial charge in [0.1, 0.15) is 12.4 Å². The van der Waals surface area contributed by atoms with Gasteiger partial charge in [0.15, 0.2) is 0 Å². The Labute approximate surface area is 193 Å². The first kappa shape index (κ1) is 22.2. The third-order valence-electron chi connectivity index (χ3n) is 5.46. The minimum absolute atomic E-state index is 0.0131. The number of hydrogen-bond acceptors (Lipinski definition) is 4. The van der Waals surface area contributed by atoms with Crippen molar-refractivity contribution in [2.75, 3.05) is 4.90 Å². The zero-order valence-electron chi connectivity index (χ0n) is 19.0.